The molecule has 0 aliphatic heterocycles. The lowest BCUT2D eigenvalue weighted by molar-refractivity contribution is -0.384. The molecule has 154 valence electrons. The van der Waals surface area contributed by atoms with E-state index in [4.69, 9.17) is 0 Å². The highest BCUT2D eigenvalue weighted by atomic mass is 32.2. The molecule has 30 heavy (non-hydrogen) atoms. The number of thioether (sulfide) groups is 1. The molecule has 0 radical (unpaired) electrons. The number of aromatic nitrogens is 2. The molecule has 1 amide bonds. The Morgan fingerprint density at radius 2 is 1.90 bits per heavy atom. The highest BCUT2D eigenvalue weighted by molar-refractivity contribution is 8.00. The number of anilines is 1. The van der Waals surface area contributed by atoms with Crippen molar-refractivity contribution in [2.45, 2.75) is 18.7 Å². The van der Waals surface area contributed by atoms with Crippen molar-refractivity contribution in [1.29, 1.82) is 0 Å². The largest absolute Gasteiger partial charge is 0.310 e. The Hall–Kier alpha value is -3.53. The minimum atomic E-state index is -0.563. The summed E-state index contributed by atoms with van der Waals surface area (Å²) in [7, 11) is 0. The number of nitro groups is 1. The van der Waals surface area contributed by atoms with Gasteiger partial charge in [-0.1, -0.05) is 6.07 Å². The molecule has 3 rings (SSSR count). The molecule has 0 aliphatic rings. The predicted molar refractivity (Wildman–Crippen MR) is 111 cm³/mol. The average Bonchev–Trinajstić information content (AvgIpc) is 3.06. The number of ketones is 1. The molecule has 0 aliphatic carbocycles. The molecule has 8 nitrogen and oxygen atoms in total. The highest BCUT2D eigenvalue weighted by Gasteiger charge is 2.14. The third-order valence-electron chi connectivity index (χ3n) is 4.10. The number of halogens is 1. The Bertz CT molecular complexity index is 1130. The fourth-order valence-corrected chi connectivity index (χ4v) is 3.38. The van der Waals surface area contributed by atoms with Gasteiger partial charge in [0.15, 0.2) is 5.78 Å². The molecule has 1 N–H and O–H groups in total. The molecule has 0 fully saturated rings. The summed E-state index contributed by atoms with van der Waals surface area (Å²) in [5.74, 6) is -0.844. The molecule has 0 spiro atoms. The van der Waals surface area contributed by atoms with E-state index in [0.717, 1.165) is 17.8 Å². The smallest absolute Gasteiger partial charge is 0.269 e. The molecule has 0 bridgehead atoms. The first-order chi connectivity index (χ1) is 14.2. The van der Waals surface area contributed by atoms with Crippen molar-refractivity contribution in [2.24, 2.45) is 0 Å². The summed E-state index contributed by atoms with van der Waals surface area (Å²) in [5.41, 5.74) is 1.40. The van der Waals surface area contributed by atoms with Crippen LogP contribution in [0.4, 0.5) is 15.9 Å². The number of amides is 1. The van der Waals surface area contributed by atoms with Gasteiger partial charge in [0.25, 0.3) is 5.69 Å². The lowest BCUT2D eigenvalue weighted by Crippen LogP contribution is -2.17. The summed E-state index contributed by atoms with van der Waals surface area (Å²) in [6.07, 6.45) is 0. The van der Waals surface area contributed by atoms with Crippen molar-refractivity contribution < 1.29 is 18.9 Å². The number of non-ortho nitro benzene ring substituents is 1. The minimum absolute atomic E-state index is 0.0533. The fraction of sp³-hybridized carbons (Fsp3) is 0.150. The van der Waals surface area contributed by atoms with E-state index in [9.17, 15) is 24.1 Å². The van der Waals surface area contributed by atoms with Gasteiger partial charge in [-0.25, -0.2) is 9.07 Å². The Morgan fingerprint density at radius 3 is 2.50 bits per heavy atom. The summed E-state index contributed by atoms with van der Waals surface area (Å²) in [4.78, 5) is 34.2. The fourth-order valence-electron chi connectivity index (χ4n) is 2.66. The zero-order valence-corrected chi connectivity index (χ0v) is 16.9. The van der Waals surface area contributed by atoms with Crippen LogP contribution in [0.2, 0.25) is 0 Å². The molecule has 3 aromatic rings. The van der Waals surface area contributed by atoms with Crippen molar-refractivity contribution >= 4 is 35.0 Å². The van der Waals surface area contributed by atoms with Crippen molar-refractivity contribution in [3.05, 3.63) is 75.7 Å². The van der Waals surface area contributed by atoms with Gasteiger partial charge in [-0.2, -0.15) is 5.10 Å². The maximum Gasteiger partial charge on any atom is 0.269 e. The topological polar surface area (TPSA) is 107 Å². The van der Waals surface area contributed by atoms with Gasteiger partial charge < -0.3 is 5.32 Å². The third kappa shape index (κ3) is 4.90. The Labute approximate surface area is 175 Å². The monoisotopic (exact) mass is 428 g/mol. The number of Topliss-reactive ketones (excluding diaryl/α,β-unsaturated/α-hetero) is 1. The van der Waals surface area contributed by atoms with E-state index in [0.29, 0.717) is 17.2 Å². The van der Waals surface area contributed by atoms with E-state index in [1.165, 1.54) is 48.0 Å². The van der Waals surface area contributed by atoms with Crippen LogP contribution in [0.25, 0.3) is 5.69 Å². The number of carbonyl (C=O) groups excluding carboxylic acids is 2. The van der Waals surface area contributed by atoms with Gasteiger partial charge in [-0.3, -0.25) is 19.7 Å². The number of nitrogens with zero attached hydrogens (tertiary/aromatic N) is 3. The molecular weight excluding hydrogens is 411 g/mol. The second-order valence-electron chi connectivity index (χ2n) is 6.39. The van der Waals surface area contributed by atoms with E-state index in [1.54, 1.807) is 13.0 Å². The van der Waals surface area contributed by atoms with Crippen LogP contribution in [-0.4, -0.2) is 32.1 Å². The van der Waals surface area contributed by atoms with E-state index in [-0.39, 0.29) is 33.6 Å². The summed E-state index contributed by atoms with van der Waals surface area (Å²) in [6.45, 7) is 3.10. The number of nitro benzene ring substituents is 1. The van der Waals surface area contributed by atoms with Crippen LogP contribution in [0.3, 0.4) is 0 Å². The molecule has 0 saturated carbocycles. The van der Waals surface area contributed by atoms with Gasteiger partial charge in [0, 0.05) is 28.7 Å². The normalized spacial score (nSPS) is 10.6. The van der Waals surface area contributed by atoms with Crippen LogP contribution in [-0.2, 0) is 4.79 Å². The minimum Gasteiger partial charge on any atom is -0.310 e. The standard InChI is InChI=1S/C20H17FN4O4S/c1-12-9-19(24(23-12)15-4-6-16(7-5-15)25(28)29)22-20(27)11-30-18-8-3-14(13(2)26)10-17(18)21/h3-10H,11H2,1-2H3,(H,22,27). The van der Waals surface area contributed by atoms with Crippen LogP contribution in [0.5, 0.6) is 0 Å². The number of benzene rings is 2. The first kappa shape index (κ1) is 21.2. The van der Waals surface area contributed by atoms with Crippen molar-refractivity contribution in [1.82, 2.24) is 9.78 Å². The maximum absolute atomic E-state index is 14.1. The highest BCUT2D eigenvalue weighted by Crippen LogP contribution is 2.24. The van der Waals surface area contributed by atoms with Crippen molar-refractivity contribution in [3.8, 4) is 5.69 Å². The average molecular weight is 428 g/mol. The van der Waals surface area contributed by atoms with Crippen LogP contribution in [0.1, 0.15) is 23.0 Å². The molecule has 0 atom stereocenters. The van der Waals surface area contributed by atoms with Gasteiger partial charge in [0.2, 0.25) is 5.91 Å². The molecule has 2 aromatic carbocycles. The van der Waals surface area contributed by atoms with Crippen LogP contribution in [0.15, 0.2) is 53.4 Å². The molecular formula is C20H17FN4O4S. The Morgan fingerprint density at radius 1 is 1.20 bits per heavy atom. The van der Waals surface area contributed by atoms with Gasteiger partial charge in [-0.05, 0) is 38.1 Å². The van der Waals surface area contributed by atoms with Gasteiger partial charge in [0.1, 0.15) is 11.6 Å². The van der Waals surface area contributed by atoms with E-state index < -0.39 is 10.7 Å². The molecule has 1 aromatic heterocycles. The first-order valence-corrected chi connectivity index (χ1v) is 9.78. The summed E-state index contributed by atoms with van der Waals surface area (Å²) >= 11 is 1.01. The van der Waals surface area contributed by atoms with Gasteiger partial charge >= 0.3 is 0 Å². The SMILES string of the molecule is CC(=O)c1ccc(SCC(=O)Nc2cc(C)nn2-c2ccc([N+](=O)[O-])cc2)c(F)c1. The van der Waals surface area contributed by atoms with Crippen molar-refractivity contribution in [2.75, 3.05) is 11.1 Å². The Balaban J connectivity index is 1.70. The maximum atomic E-state index is 14.1. The molecule has 1 heterocycles. The third-order valence-corrected chi connectivity index (χ3v) is 5.15. The van der Waals surface area contributed by atoms with E-state index in [1.807, 2.05) is 0 Å². The summed E-state index contributed by atoms with van der Waals surface area (Å²) in [6, 6.07) is 11.5. The Kier molecular flexibility index (Phi) is 6.26. The zero-order chi connectivity index (χ0) is 21.8. The second kappa shape index (κ2) is 8.87. The summed E-state index contributed by atoms with van der Waals surface area (Å²) < 4.78 is 15.6. The van der Waals surface area contributed by atoms with E-state index in [2.05, 4.69) is 10.4 Å². The molecule has 0 unspecified atom stereocenters. The number of hydrogen-bond donors (Lipinski definition) is 1. The molecule has 0 saturated heterocycles. The van der Waals surface area contributed by atoms with Crippen LogP contribution < -0.4 is 5.32 Å². The zero-order valence-electron chi connectivity index (χ0n) is 16.1. The number of hydrogen-bond acceptors (Lipinski definition) is 6. The van der Waals surface area contributed by atoms with Crippen LogP contribution in [0, 0.1) is 22.9 Å². The van der Waals surface area contributed by atoms with Crippen molar-refractivity contribution in [3.63, 3.8) is 0 Å². The van der Waals surface area contributed by atoms with Gasteiger partial charge in [-0.15, -0.1) is 11.8 Å². The van der Waals surface area contributed by atoms with E-state index >= 15 is 0 Å². The lowest BCUT2D eigenvalue weighted by atomic mass is 10.1. The number of aryl methyl sites for hydroxylation is 1. The lowest BCUT2D eigenvalue weighted by Gasteiger charge is -2.09. The molecule has 10 heteroatoms. The first-order valence-electron chi connectivity index (χ1n) is 8.79. The number of rotatable bonds is 7. The predicted octanol–water partition coefficient (Wildman–Crippen LogP) is 4.16. The van der Waals surface area contributed by atoms with Crippen LogP contribution >= 0.6 is 11.8 Å². The second-order valence-corrected chi connectivity index (χ2v) is 7.41. The summed E-state index contributed by atoms with van der Waals surface area (Å²) in [5, 5.41) is 17.8. The quantitative estimate of drug-likeness (QED) is 0.262. The number of carbonyl (C=O) groups is 2. The number of nitrogens with one attached hydrogen (secondary N) is 1. The van der Waals surface area contributed by atoms with Gasteiger partial charge in [0.05, 0.1) is 22.1 Å².